The first kappa shape index (κ1) is 17.0. The first-order valence-corrected chi connectivity index (χ1v) is 8.84. The van der Waals surface area contributed by atoms with E-state index in [1.165, 1.54) is 12.1 Å². The summed E-state index contributed by atoms with van der Waals surface area (Å²) < 4.78 is 15.0. The molecule has 0 amide bonds. The topological polar surface area (TPSA) is 58.3 Å². The van der Waals surface area contributed by atoms with Crippen LogP contribution >= 0.6 is 0 Å². The minimum Gasteiger partial charge on any atom is -0.384 e. The van der Waals surface area contributed by atoms with Gasteiger partial charge in [0.05, 0.1) is 17.6 Å². The zero-order chi connectivity index (χ0) is 18.4. The molecular formula is C21H21FN2O2. The van der Waals surface area contributed by atoms with E-state index in [0.717, 1.165) is 35.4 Å². The van der Waals surface area contributed by atoms with Crippen LogP contribution in [0.5, 0.6) is 0 Å². The highest BCUT2D eigenvalue weighted by Gasteiger charge is 2.52. The molecule has 0 aliphatic heterocycles. The lowest BCUT2D eigenvalue weighted by Gasteiger charge is -2.49. The molecule has 2 aromatic rings. The van der Waals surface area contributed by atoms with E-state index >= 15 is 0 Å². The average molecular weight is 352 g/mol. The molecule has 1 aromatic carbocycles. The van der Waals surface area contributed by atoms with Gasteiger partial charge >= 0.3 is 0 Å². The number of aromatic nitrogens is 2. The van der Waals surface area contributed by atoms with Crippen LogP contribution in [-0.4, -0.2) is 32.2 Å². The van der Waals surface area contributed by atoms with Gasteiger partial charge in [-0.05, 0) is 61.6 Å². The molecule has 0 saturated heterocycles. The lowest BCUT2D eigenvalue weighted by atomic mass is 9.57. The molecule has 1 aromatic heterocycles. The second-order valence-corrected chi connectivity index (χ2v) is 7.30. The van der Waals surface area contributed by atoms with Crippen molar-refractivity contribution in [2.75, 3.05) is 6.61 Å². The fourth-order valence-corrected chi connectivity index (χ4v) is 4.25. The summed E-state index contributed by atoms with van der Waals surface area (Å²) >= 11 is 0. The maximum atomic E-state index is 13.2. The van der Waals surface area contributed by atoms with Crippen LogP contribution in [-0.2, 0) is 6.42 Å². The summed E-state index contributed by atoms with van der Waals surface area (Å²) in [5.74, 6) is 5.28. The fraction of sp³-hybridized carbons (Fsp3) is 0.381. The highest BCUT2D eigenvalue weighted by Crippen LogP contribution is 2.52. The molecule has 1 fully saturated rings. The Labute approximate surface area is 152 Å². The molecular weight excluding hydrogens is 331 g/mol. The van der Waals surface area contributed by atoms with E-state index < -0.39 is 11.0 Å². The Bertz CT molecular complexity index is 935. The number of aliphatic hydroxyl groups excluding tert-OH is 1. The molecule has 2 aliphatic rings. The van der Waals surface area contributed by atoms with Crippen molar-refractivity contribution < 1.29 is 14.6 Å². The Morgan fingerprint density at radius 1 is 1.31 bits per heavy atom. The maximum Gasteiger partial charge on any atom is 0.134 e. The molecule has 1 heterocycles. The first-order chi connectivity index (χ1) is 12.5. The van der Waals surface area contributed by atoms with E-state index in [0.29, 0.717) is 12.8 Å². The number of benzene rings is 1. The highest BCUT2D eigenvalue weighted by molar-refractivity contribution is 5.62. The van der Waals surface area contributed by atoms with Gasteiger partial charge < -0.3 is 10.2 Å². The molecule has 2 N–H and O–H groups in total. The molecule has 1 saturated carbocycles. The first-order valence-electron chi connectivity index (χ1n) is 8.84. The molecule has 4 rings (SSSR count). The van der Waals surface area contributed by atoms with Crippen molar-refractivity contribution in [1.29, 1.82) is 0 Å². The number of rotatable bonds is 1. The van der Waals surface area contributed by atoms with Crippen molar-refractivity contribution in [3.63, 3.8) is 0 Å². The van der Waals surface area contributed by atoms with Crippen LogP contribution in [0.1, 0.15) is 37.4 Å². The van der Waals surface area contributed by atoms with Gasteiger partial charge in [0, 0.05) is 5.41 Å². The van der Waals surface area contributed by atoms with Gasteiger partial charge in [-0.25, -0.2) is 9.07 Å². The number of fused-ring (bicyclic) bond motifs is 2. The summed E-state index contributed by atoms with van der Waals surface area (Å²) in [5, 5.41) is 24.8. The summed E-state index contributed by atoms with van der Waals surface area (Å²) in [7, 11) is 0. The largest absolute Gasteiger partial charge is 0.384 e. The molecule has 2 aliphatic carbocycles. The molecule has 0 spiro atoms. The van der Waals surface area contributed by atoms with E-state index in [1.54, 1.807) is 12.1 Å². The Hall–Kier alpha value is -2.42. The molecule has 0 unspecified atom stereocenters. The van der Waals surface area contributed by atoms with Gasteiger partial charge in [-0.3, -0.25) is 0 Å². The smallest absolute Gasteiger partial charge is 0.134 e. The normalized spacial score (nSPS) is 27.0. The molecule has 0 radical (unpaired) electrons. The summed E-state index contributed by atoms with van der Waals surface area (Å²) in [4.78, 5) is 0. The van der Waals surface area contributed by atoms with E-state index in [1.807, 2.05) is 17.8 Å². The third kappa shape index (κ3) is 2.49. The van der Waals surface area contributed by atoms with Gasteiger partial charge in [0.15, 0.2) is 0 Å². The van der Waals surface area contributed by atoms with Gasteiger partial charge in [0.25, 0.3) is 0 Å². The minimum atomic E-state index is -1.16. The van der Waals surface area contributed by atoms with Crippen LogP contribution in [0.4, 0.5) is 4.39 Å². The summed E-state index contributed by atoms with van der Waals surface area (Å²) in [6.07, 6.45) is 6.87. The van der Waals surface area contributed by atoms with Crippen molar-refractivity contribution in [2.24, 2.45) is 5.41 Å². The van der Waals surface area contributed by atoms with Gasteiger partial charge in [0.1, 0.15) is 18.0 Å². The predicted octanol–water partition coefficient (Wildman–Crippen LogP) is 2.87. The zero-order valence-corrected chi connectivity index (χ0v) is 14.7. The van der Waals surface area contributed by atoms with Crippen LogP contribution in [0.3, 0.4) is 0 Å². The van der Waals surface area contributed by atoms with Crippen LogP contribution in [0.15, 0.2) is 36.0 Å². The molecule has 134 valence electrons. The van der Waals surface area contributed by atoms with E-state index in [9.17, 15) is 9.50 Å². The second-order valence-electron chi connectivity index (χ2n) is 7.30. The number of aliphatic hydroxyl groups is 2. The molecule has 0 bridgehead atoms. The Kier molecular flexibility index (Phi) is 3.98. The number of nitrogens with zero attached hydrogens (tertiary/aromatic N) is 2. The van der Waals surface area contributed by atoms with E-state index in [-0.39, 0.29) is 12.4 Å². The van der Waals surface area contributed by atoms with Crippen molar-refractivity contribution in [2.45, 2.75) is 38.2 Å². The van der Waals surface area contributed by atoms with Crippen LogP contribution < -0.4 is 0 Å². The van der Waals surface area contributed by atoms with Crippen LogP contribution in [0.25, 0.3) is 11.8 Å². The minimum absolute atomic E-state index is 0.259. The number of hydrogen-bond donors (Lipinski definition) is 2. The molecule has 2 atom stereocenters. The highest BCUT2D eigenvalue weighted by atomic mass is 19.1. The zero-order valence-electron chi connectivity index (χ0n) is 14.7. The van der Waals surface area contributed by atoms with E-state index in [4.69, 9.17) is 5.11 Å². The summed E-state index contributed by atoms with van der Waals surface area (Å²) in [5.41, 5.74) is 2.30. The quantitative estimate of drug-likeness (QED) is 0.776. The van der Waals surface area contributed by atoms with Crippen LogP contribution in [0, 0.1) is 23.1 Å². The van der Waals surface area contributed by atoms with E-state index in [2.05, 4.69) is 23.0 Å². The third-order valence-electron chi connectivity index (χ3n) is 5.79. The Morgan fingerprint density at radius 2 is 2.08 bits per heavy atom. The SMILES string of the molecule is C[C@]12Cc3cnn(-c4ccc(F)cc4)c3C=C1CCC[C@@]2(O)C#CCO. The third-order valence-corrected chi connectivity index (χ3v) is 5.79. The van der Waals surface area contributed by atoms with Gasteiger partial charge in [-0.2, -0.15) is 5.10 Å². The molecule has 5 heteroatoms. The van der Waals surface area contributed by atoms with Crippen molar-refractivity contribution in [3.8, 4) is 17.5 Å². The standard InChI is InChI=1S/C21H21FN2O2/c1-20-13-15-14-23-24(18-7-5-17(22)6-8-18)19(15)12-16(20)4-2-9-21(20,26)10-3-11-25/h5-8,12,14,25-26H,2,4,9,11,13H2,1H3/t20-,21+/m0/s1. The second kappa shape index (κ2) is 6.08. The molecule has 4 nitrogen and oxygen atoms in total. The lowest BCUT2D eigenvalue weighted by molar-refractivity contribution is -0.0281. The van der Waals surface area contributed by atoms with Gasteiger partial charge in [0.2, 0.25) is 0 Å². The summed E-state index contributed by atoms with van der Waals surface area (Å²) in [6, 6.07) is 6.26. The monoisotopic (exact) mass is 352 g/mol. The van der Waals surface area contributed by atoms with Gasteiger partial charge in [-0.15, -0.1) is 0 Å². The fourth-order valence-electron chi connectivity index (χ4n) is 4.25. The maximum absolute atomic E-state index is 13.2. The molecule has 26 heavy (non-hydrogen) atoms. The predicted molar refractivity (Wildman–Crippen MR) is 97.0 cm³/mol. The number of halogens is 1. The Morgan fingerprint density at radius 3 is 2.81 bits per heavy atom. The van der Waals surface area contributed by atoms with Crippen molar-refractivity contribution in [3.05, 3.63) is 53.1 Å². The lowest BCUT2D eigenvalue weighted by Crippen LogP contribution is -2.51. The van der Waals surface area contributed by atoms with Crippen molar-refractivity contribution in [1.82, 2.24) is 9.78 Å². The summed E-state index contributed by atoms with van der Waals surface area (Å²) in [6.45, 7) is 1.79. The number of hydrogen-bond acceptors (Lipinski definition) is 3. The Balaban J connectivity index is 1.79. The van der Waals surface area contributed by atoms with Crippen LogP contribution in [0.2, 0.25) is 0 Å². The van der Waals surface area contributed by atoms with Gasteiger partial charge in [-0.1, -0.05) is 24.3 Å². The average Bonchev–Trinajstić information content (AvgIpc) is 3.02. The van der Waals surface area contributed by atoms with Crippen molar-refractivity contribution >= 4 is 6.08 Å².